The number of aromatic amines is 1. The van der Waals surface area contributed by atoms with Gasteiger partial charge < -0.3 is 14.8 Å². The Labute approximate surface area is 228 Å². The summed E-state index contributed by atoms with van der Waals surface area (Å²) >= 11 is 6.35. The topological polar surface area (TPSA) is 102 Å². The summed E-state index contributed by atoms with van der Waals surface area (Å²) in [6.07, 6.45) is 4.39. The van der Waals surface area contributed by atoms with Crippen molar-refractivity contribution in [3.63, 3.8) is 0 Å². The molecular weight excluding hydrogens is 528 g/mol. The molecule has 2 aromatic heterocycles. The summed E-state index contributed by atoms with van der Waals surface area (Å²) in [6.45, 7) is 2.06. The second-order valence-electron chi connectivity index (χ2n) is 9.21. The van der Waals surface area contributed by atoms with Gasteiger partial charge in [-0.05, 0) is 61.1 Å². The van der Waals surface area contributed by atoms with Crippen LogP contribution in [-0.4, -0.2) is 45.9 Å². The van der Waals surface area contributed by atoms with Crippen molar-refractivity contribution < 1.29 is 23.0 Å². The fourth-order valence-corrected chi connectivity index (χ4v) is 4.57. The van der Waals surface area contributed by atoms with Gasteiger partial charge in [-0.2, -0.15) is 0 Å². The zero-order chi connectivity index (χ0) is 27.2. The van der Waals surface area contributed by atoms with Crippen LogP contribution < -0.4 is 10.1 Å². The molecule has 3 heterocycles. The number of amides is 1. The minimum atomic E-state index is -0.641. The van der Waals surface area contributed by atoms with E-state index < -0.39 is 11.7 Å². The van der Waals surface area contributed by atoms with E-state index in [1.54, 1.807) is 30.3 Å². The third kappa shape index (κ3) is 6.76. The van der Waals surface area contributed by atoms with Crippen molar-refractivity contribution in [3.8, 4) is 16.9 Å². The first-order valence-corrected chi connectivity index (χ1v) is 13.0. The standard InChI is InChI=1S/C28H26ClF2N5O3/c29-22-16-32-25(34-28(37)27-33-26(35-36-27)13-18-3-1-2-4-23(18)30)15-20(22)21-14-19(5-6-24(21)31)39-12-9-17-7-10-38-11-8-17/h1-6,14-17H,7-13H2,(H,32,34,37)(H,33,35,36). The van der Waals surface area contributed by atoms with Crippen molar-refractivity contribution in [1.82, 2.24) is 20.2 Å². The SMILES string of the molecule is O=C(Nc1cc(-c2cc(OCCC3CCOCC3)ccc2F)c(Cl)cn1)c1n[nH]c(Cc2ccccc2F)n1. The molecular formula is C28H26ClF2N5O3. The molecule has 0 atom stereocenters. The first kappa shape index (κ1) is 26.7. The highest BCUT2D eigenvalue weighted by atomic mass is 35.5. The van der Waals surface area contributed by atoms with Crippen LogP contribution in [0.15, 0.2) is 54.7 Å². The van der Waals surface area contributed by atoms with E-state index in [1.165, 1.54) is 24.4 Å². The Kier molecular flexibility index (Phi) is 8.43. The van der Waals surface area contributed by atoms with Gasteiger partial charge in [-0.3, -0.25) is 9.89 Å². The number of hydrogen-bond donors (Lipinski definition) is 2. The molecule has 0 radical (unpaired) electrons. The molecule has 39 heavy (non-hydrogen) atoms. The smallest absolute Gasteiger partial charge is 0.296 e. The highest BCUT2D eigenvalue weighted by molar-refractivity contribution is 6.33. The van der Waals surface area contributed by atoms with Crippen LogP contribution in [0.5, 0.6) is 5.75 Å². The Morgan fingerprint density at radius 1 is 1.10 bits per heavy atom. The molecule has 0 bridgehead atoms. The number of pyridine rings is 1. The largest absolute Gasteiger partial charge is 0.494 e. The fraction of sp³-hybridized carbons (Fsp3) is 0.286. The highest BCUT2D eigenvalue weighted by Gasteiger charge is 2.18. The summed E-state index contributed by atoms with van der Waals surface area (Å²) in [4.78, 5) is 21.0. The lowest BCUT2D eigenvalue weighted by atomic mass is 9.97. The van der Waals surface area contributed by atoms with Gasteiger partial charge in [-0.15, -0.1) is 5.10 Å². The Hall–Kier alpha value is -3.89. The van der Waals surface area contributed by atoms with Gasteiger partial charge in [-0.1, -0.05) is 29.8 Å². The first-order valence-electron chi connectivity index (χ1n) is 12.6. The van der Waals surface area contributed by atoms with Crippen molar-refractivity contribution >= 4 is 23.3 Å². The summed E-state index contributed by atoms with van der Waals surface area (Å²) in [5.74, 6) is -0.138. The third-order valence-corrected chi connectivity index (χ3v) is 6.81. The van der Waals surface area contributed by atoms with Crippen LogP contribution in [0.2, 0.25) is 5.02 Å². The average Bonchev–Trinajstić information content (AvgIpc) is 3.41. The number of aromatic nitrogens is 4. The van der Waals surface area contributed by atoms with Crippen LogP contribution in [0, 0.1) is 17.6 Å². The third-order valence-electron chi connectivity index (χ3n) is 6.51. The summed E-state index contributed by atoms with van der Waals surface area (Å²) in [7, 11) is 0. The van der Waals surface area contributed by atoms with Gasteiger partial charge in [-0.25, -0.2) is 18.7 Å². The number of ether oxygens (including phenoxy) is 2. The van der Waals surface area contributed by atoms with Gasteiger partial charge in [0, 0.05) is 37.0 Å². The van der Waals surface area contributed by atoms with Crippen molar-refractivity contribution in [3.05, 3.63) is 88.6 Å². The van der Waals surface area contributed by atoms with Crippen molar-refractivity contribution in [2.45, 2.75) is 25.7 Å². The Bertz CT molecular complexity index is 1460. The van der Waals surface area contributed by atoms with Gasteiger partial charge >= 0.3 is 0 Å². The van der Waals surface area contributed by atoms with Crippen molar-refractivity contribution in [1.29, 1.82) is 0 Å². The van der Waals surface area contributed by atoms with E-state index >= 15 is 0 Å². The summed E-state index contributed by atoms with van der Waals surface area (Å²) in [5.41, 5.74) is 0.970. The Morgan fingerprint density at radius 2 is 1.92 bits per heavy atom. The molecule has 8 nitrogen and oxygen atoms in total. The minimum absolute atomic E-state index is 0.130. The molecule has 202 valence electrons. The number of carbonyl (C=O) groups is 1. The summed E-state index contributed by atoms with van der Waals surface area (Å²) in [6, 6.07) is 12.2. The van der Waals surface area contributed by atoms with Crippen LogP contribution in [0.3, 0.4) is 0 Å². The number of halogens is 3. The normalized spacial score (nSPS) is 13.8. The molecule has 1 aliphatic heterocycles. The minimum Gasteiger partial charge on any atom is -0.494 e. The van der Waals surface area contributed by atoms with Crippen LogP contribution in [0.1, 0.15) is 41.3 Å². The van der Waals surface area contributed by atoms with Gasteiger partial charge in [0.15, 0.2) is 0 Å². The van der Waals surface area contributed by atoms with E-state index in [9.17, 15) is 13.6 Å². The quantitative estimate of drug-likeness (QED) is 0.270. The number of nitrogens with one attached hydrogen (secondary N) is 2. The number of carbonyl (C=O) groups excluding carboxylic acids is 1. The number of H-pyrrole nitrogens is 1. The molecule has 0 aliphatic carbocycles. The van der Waals surface area contributed by atoms with E-state index in [1.807, 2.05) is 0 Å². The maximum atomic E-state index is 14.8. The summed E-state index contributed by atoms with van der Waals surface area (Å²) < 4.78 is 40.0. The molecule has 1 fully saturated rings. The lowest BCUT2D eigenvalue weighted by Gasteiger charge is -2.21. The van der Waals surface area contributed by atoms with Crippen molar-refractivity contribution in [2.75, 3.05) is 25.1 Å². The number of rotatable bonds is 9. The van der Waals surface area contributed by atoms with E-state index in [4.69, 9.17) is 21.1 Å². The van der Waals surface area contributed by atoms with E-state index in [0.717, 1.165) is 32.5 Å². The second kappa shape index (κ2) is 12.3. The van der Waals surface area contributed by atoms with Gasteiger partial charge in [0.25, 0.3) is 5.91 Å². The Morgan fingerprint density at radius 3 is 2.74 bits per heavy atom. The predicted octanol–water partition coefficient (Wildman–Crippen LogP) is 5.84. The van der Waals surface area contributed by atoms with Gasteiger partial charge in [0.05, 0.1) is 11.6 Å². The molecule has 5 rings (SSSR count). The van der Waals surface area contributed by atoms with Crippen molar-refractivity contribution in [2.24, 2.45) is 5.92 Å². The molecule has 0 unspecified atom stereocenters. The monoisotopic (exact) mass is 553 g/mol. The van der Waals surface area contributed by atoms with E-state index in [0.29, 0.717) is 35.2 Å². The molecule has 11 heteroatoms. The number of hydrogen-bond acceptors (Lipinski definition) is 6. The zero-order valence-corrected chi connectivity index (χ0v) is 21.7. The molecule has 2 N–H and O–H groups in total. The van der Waals surface area contributed by atoms with Gasteiger partial charge in [0.2, 0.25) is 5.82 Å². The lowest BCUT2D eigenvalue weighted by Crippen LogP contribution is -2.17. The number of benzene rings is 2. The first-order chi connectivity index (χ1) is 19.0. The molecule has 1 aliphatic rings. The molecule has 0 saturated carbocycles. The average molecular weight is 554 g/mol. The molecule has 2 aromatic carbocycles. The lowest BCUT2D eigenvalue weighted by molar-refractivity contribution is 0.0593. The maximum absolute atomic E-state index is 14.8. The van der Waals surface area contributed by atoms with Crippen LogP contribution in [0.25, 0.3) is 11.1 Å². The van der Waals surface area contributed by atoms with E-state index in [-0.39, 0.29) is 34.5 Å². The fourth-order valence-electron chi connectivity index (χ4n) is 4.36. The van der Waals surface area contributed by atoms with E-state index in [2.05, 4.69) is 25.5 Å². The maximum Gasteiger partial charge on any atom is 0.296 e. The second-order valence-corrected chi connectivity index (χ2v) is 9.62. The molecule has 0 spiro atoms. The number of nitrogens with zero attached hydrogens (tertiary/aromatic N) is 3. The highest BCUT2D eigenvalue weighted by Crippen LogP contribution is 2.34. The van der Waals surface area contributed by atoms with Crippen LogP contribution in [-0.2, 0) is 11.2 Å². The zero-order valence-electron chi connectivity index (χ0n) is 20.9. The predicted molar refractivity (Wildman–Crippen MR) is 142 cm³/mol. The molecule has 1 amide bonds. The number of anilines is 1. The van der Waals surface area contributed by atoms with Gasteiger partial charge in [0.1, 0.15) is 29.0 Å². The van der Waals surface area contributed by atoms with Crippen LogP contribution in [0.4, 0.5) is 14.6 Å². The Balaban J connectivity index is 1.26. The molecule has 1 saturated heterocycles. The van der Waals surface area contributed by atoms with Crippen LogP contribution >= 0.6 is 11.6 Å². The summed E-state index contributed by atoms with van der Waals surface area (Å²) in [5, 5.41) is 9.36. The molecule has 4 aromatic rings.